The third-order valence-corrected chi connectivity index (χ3v) is 5.63. The van der Waals surface area contributed by atoms with Gasteiger partial charge < -0.3 is 18.9 Å². The van der Waals surface area contributed by atoms with E-state index in [4.69, 9.17) is 18.9 Å². The van der Waals surface area contributed by atoms with Crippen molar-refractivity contribution in [3.8, 4) is 0 Å². The maximum atomic E-state index is 12.4. The normalized spacial score (nSPS) is 26.1. The molecule has 1 aliphatic heterocycles. The van der Waals surface area contributed by atoms with Gasteiger partial charge in [-0.1, -0.05) is 23.8 Å². The van der Waals surface area contributed by atoms with E-state index >= 15 is 0 Å². The van der Waals surface area contributed by atoms with Gasteiger partial charge in [-0.25, -0.2) is 4.79 Å². The van der Waals surface area contributed by atoms with E-state index in [-0.39, 0.29) is 12.2 Å². The predicted octanol–water partition coefficient (Wildman–Crippen LogP) is 3.90. The van der Waals surface area contributed by atoms with Gasteiger partial charge in [0.05, 0.1) is 5.92 Å². The first-order valence-corrected chi connectivity index (χ1v) is 11.4. The Hall–Kier alpha value is -3.16. The lowest BCUT2D eigenvalue weighted by Crippen LogP contribution is -2.33. The van der Waals surface area contributed by atoms with Crippen LogP contribution in [0.1, 0.15) is 60.3 Å². The second-order valence-corrected chi connectivity index (χ2v) is 8.83. The molecular weight excluding hydrogens is 440 g/mol. The van der Waals surface area contributed by atoms with Crippen LogP contribution in [0.5, 0.6) is 0 Å². The number of hydrogen-bond donors (Lipinski definition) is 0. The fraction of sp³-hybridized carbons (Fsp3) is 0.538. The molecule has 2 rings (SSSR count). The first kappa shape index (κ1) is 27.1. The van der Waals surface area contributed by atoms with Gasteiger partial charge in [-0.05, 0) is 44.4 Å². The van der Waals surface area contributed by atoms with Crippen molar-refractivity contribution in [3.05, 3.63) is 47.1 Å². The van der Waals surface area contributed by atoms with Gasteiger partial charge in [0, 0.05) is 39.2 Å². The molecule has 2 aliphatic rings. The van der Waals surface area contributed by atoms with E-state index in [2.05, 4.69) is 6.58 Å². The van der Waals surface area contributed by atoms with Crippen molar-refractivity contribution >= 4 is 23.9 Å². The maximum Gasteiger partial charge on any atom is 0.334 e. The summed E-state index contributed by atoms with van der Waals surface area (Å²) in [6.07, 6.45) is 5.76. The van der Waals surface area contributed by atoms with Crippen LogP contribution in [0.25, 0.3) is 0 Å². The highest BCUT2D eigenvalue weighted by atomic mass is 16.6. The number of ether oxygens (including phenoxy) is 4. The van der Waals surface area contributed by atoms with Crippen LogP contribution in [-0.2, 0) is 38.1 Å². The van der Waals surface area contributed by atoms with E-state index in [1.807, 2.05) is 26.0 Å². The van der Waals surface area contributed by atoms with Crippen LogP contribution in [0.4, 0.5) is 0 Å². The number of fused-ring (bicyclic) bond motifs is 1. The van der Waals surface area contributed by atoms with E-state index < -0.39 is 48.1 Å². The summed E-state index contributed by atoms with van der Waals surface area (Å²) in [7, 11) is 0. The molecule has 0 N–H and O–H groups in total. The second kappa shape index (κ2) is 12.3. The Labute approximate surface area is 200 Å². The van der Waals surface area contributed by atoms with Gasteiger partial charge in [0.2, 0.25) is 0 Å². The highest BCUT2D eigenvalue weighted by Gasteiger charge is 2.44. The van der Waals surface area contributed by atoms with E-state index in [0.29, 0.717) is 25.7 Å². The summed E-state index contributed by atoms with van der Waals surface area (Å²) < 4.78 is 21.9. The molecule has 0 bridgehead atoms. The van der Waals surface area contributed by atoms with E-state index in [1.165, 1.54) is 20.8 Å². The molecular formula is C26H34O8. The minimum atomic E-state index is -0.722. The van der Waals surface area contributed by atoms with Crippen LogP contribution in [-0.4, -0.2) is 48.8 Å². The first-order chi connectivity index (χ1) is 16.0. The first-order valence-electron chi connectivity index (χ1n) is 11.4. The molecule has 1 fully saturated rings. The number of allylic oxidation sites excluding steroid dienone is 1. The Kier molecular flexibility index (Phi) is 9.83. The summed E-state index contributed by atoms with van der Waals surface area (Å²) in [5.74, 6) is -2.48. The molecule has 1 aliphatic carbocycles. The van der Waals surface area contributed by atoms with Crippen molar-refractivity contribution in [3.63, 3.8) is 0 Å². The third kappa shape index (κ3) is 8.32. The monoisotopic (exact) mass is 474 g/mol. The summed E-state index contributed by atoms with van der Waals surface area (Å²) in [5, 5.41) is 0. The summed E-state index contributed by atoms with van der Waals surface area (Å²) >= 11 is 0. The van der Waals surface area contributed by atoms with Crippen molar-refractivity contribution in [1.82, 2.24) is 0 Å². The van der Waals surface area contributed by atoms with Gasteiger partial charge in [0.15, 0.2) is 0 Å². The van der Waals surface area contributed by atoms with Crippen LogP contribution < -0.4 is 0 Å². The molecule has 4 atom stereocenters. The van der Waals surface area contributed by atoms with Crippen LogP contribution >= 0.6 is 0 Å². The molecule has 34 heavy (non-hydrogen) atoms. The van der Waals surface area contributed by atoms with Crippen molar-refractivity contribution in [2.45, 2.75) is 78.6 Å². The zero-order valence-corrected chi connectivity index (χ0v) is 20.6. The summed E-state index contributed by atoms with van der Waals surface area (Å²) in [6, 6.07) is 0. The van der Waals surface area contributed by atoms with E-state index in [9.17, 15) is 19.2 Å². The minimum Gasteiger partial charge on any atom is -0.461 e. The molecule has 0 saturated carbocycles. The largest absolute Gasteiger partial charge is 0.461 e. The Morgan fingerprint density at radius 2 is 1.68 bits per heavy atom. The molecule has 1 saturated heterocycles. The zero-order chi connectivity index (χ0) is 25.4. The fourth-order valence-electron chi connectivity index (χ4n) is 4.22. The van der Waals surface area contributed by atoms with Gasteiger partial charge in [-0.3, -0.25) is 14.4 Å². The van der Waals surface area contributed by atoms with Gasteiger partial charge in [0.1, 0.15) is 24.9 Å². The molecule has 0 radical (unpaired) electrons. The van der Waals surface area contributed by atoms with Crippen LogP contribution in [0, 0.1) is 5.92 Å². The maximum absolute atomic E-state index is 12.4. The van der Waals surface area contributed by atoms with Crippen LogP contribution in [0.2, 0.25) is 0 Å². The Balaban J connectivity index is 2.52. The Morgan fingerprint density at radius 1 is 1.00 bits per heavy atom. The van der Waals surface area contributed by atoms with Gasteiger partial charge in [0.25, 0.3) is 0 Å². The van der Waals surface area contributed by atoms with E-state index in [1.54, 1.807) is 6.08 Å². The number of esters is 4. The minimum absolute atomic E-state index is 0.0582. The molecule has 0 aromatic rings. The third-order valence-electron chi connectivity index (χ3n) is 5.63. The molecule has 1 heterocycles. The molecule has 4 unspecified atom stereocenters. The number of rotatable bonds is 4. The average Bonchev–Trinajstić information content (AvgIpc) is 2.97. The second-order valence-electron chi connectivity index (χ2n) is 8.83. The highest BCUT2D eigenvalue weighted by Crippen LogP contribution is 2.36. The fourth-order valence-corrected chi connectivity index (χ4v) is 4.22. The summed E-state index contributed by atoms with van der Waals surface area (Å²) in [5.41, 5.74) is 2.86. The number of carbonyl (C=O) groups excluding carboxylic acids is 4. The standard InChI is InChI=1S/C26H34O8/c1-15-8-7-9-21(14-31-18(4)27)13-24-25(17(3)26(30)34-24)23(33-20(6)29)12-16(2)11-22(10-15)32-19(5)28/h8,11,13,22-25H,3,7,9-10,12,14H2,1-2,4-6H3. The number of hydrogen-bond acceptors (Lipinski definition) is 8. The molecule has 0 aromatic heterocycles. The van der Waals surface area contributed by atoms with Gasteiger partial charge >= 0.3 is 23.9 Å². The van der Waals surface area contributed by atoms with Crippen molar-refractivity contribution in [2.24, 2.45) is 5.92 Å². The average molecular weight is 475 g/mol. The quantitative estimate of drug-likeness (QED) is 0.261. The Bertz CT molecular complexity index is 923. The van der Waals surface area contributed by atoms with Crippen LogP contribution in [0.15, 0.2) is 47.1 Å². The van der Waals surface area contributed by atoms with Crippen molar-refractivity contribution in [2.75, 3.05) is 6.61 Å². The SMILES string of the molecule is C=C1C(=O)OC2C=C(COC(C)=O)CCC=C(C)CC(OC(C)=O)C=C(C)CC(OC(C)=O)C12. The van der Waals surface area contributed by atoms with Crippen molar-refractivity contribution < 1.29 is 38.1 Å². The molecule has 0 amide bonds. The molecule has 8 nitrogen and oxygen atoms in total. The van der Waals surface area contributed by atoms with Gasteiger partial charge in [-0.2, -0.15) is 0 Å². The van der Waals surface area contributed by atoms with Crippen LogP contribution in [0.3, 0.4) is 0 Å². The van der Waals surface area contributed by atoms with Gasteiger partial charge in [-0.15, -0.1) is 0 Å². The molecule has 186 valence electrons. The summed E-state index contributed by atoms with van der Waals surface area (Å²) in [6.45, 7) is 11.8. The molecule has 0 aromatic carbocycles. The lowest BCUT2D eigenvalue weighted by atomic mass is 9.86. The van der Waals surface area contributed by atoms with Crippen molar-refractivity contribution in [1.29, 1.82) is 0 Å². The highest BCUT2D eigenvalue weighted by molar-refractivity contribution is 5.91. The predicted molar refractivity (Wildman–Crippen MR) is 124 cm³/mol. The summed E-state index contributed by atoms with van der Waals surface area (Å²) in [4.78, 5) is 47.4. The molecule has 8 heteroatoms. The Morgan fingerprint density at radius 3 is 2.29 bits per heavy atom. The topological polar surface area (TPSA) is 105 Å². The lowest BCUT2D eigenvalue weighted by molar-refractivity contribution is -0.149. The number of carbonyl (C=O) groups is 4. The molecule has 0 spiro atoms. The smallest absolute Gasteiger partial charge is 0.334 e. The zero-order valence-electron chi connectivity index (χ0n) is 20.6. The lowest BCUT2D eigenvalue weighted by Gasteiger charge is -2.27. The van der Waals surface area contributed by atoms with E-state index in [0.717, 1.165) is 16.7 Å².